The molecule has 0 aliphatic carbocycles. The number of benzene rings is 7. The number of hydrogen-bond acceptors (Lipinski definition) is 3. The minimum atomic E-state index is 0.168. The summed E-state index contributed by atoms with van der Waals surface area (Å²) in [5, 5.41) is 6.26. The number of nitrogens with one attached hydrogen (secondary N) is 1. The van der Waals surface area contributed by atoms with Gasteiger partial charge < -0.3 is 10.2 Å². The Bertz CT molecular complexity index is 2570. The number of thiophene rings is 1. The van der Waals surface area contributed by atoms with E-state index < -0.39 is 0 Å². The van der Waals surface area contributed by atoms with E-state index in [0.29, 0.717) is 0 Å². The molecule has 1 heterocycles. The second kappa shape index (κ2) is 16.1. The number of nitrogens with zero attached hydrogens (tertiary/aromatic N) is 1. The van der Waals surface area contributed by atoms with Crippen molar-refractivity contribution in [3.05, 3.63) is 175 Å². The lowest BCUT2D eigenvalue weighted by molar-refractivity contribution is 0.439. The average molecular weight is 763 g/mol. The molecule has 0 radical (unpaired) electrons. The normalized spacial score (nSPS) is 12.0. The highest BCUT2D eigenvalue weighted by Gasteiger charge is 2.24. The summed E-state index contributed by atoms with van der Waals surface area (Å²) >= 11 is 1.88. The molecule has 0 saturated carbocycles. The summed E-state index contributed by atoms with van der Waals surface area (Å²) in [6.45, 7) is 13.9. The Morgan fingerprint density at radius 3 is 1.39 bits per heavy atom. The number of rotatable bonds is 13. The van der Waals surface area contributed by atoms with Crippen LogP contribution >= 0.6 is 11.3 Å². The van der Waals surface area contributed by atoms with E-state index in [0.717, 1.165) is 54.1 Å². The van der Waals surface area contributed by atoms with Crippen molar-refractivity contribution < 1.29 is 0 Å². The van der Waals surface area contributed by atoms with E-state index in [2.05, 4.69) is 216 Å². The second-order valence-electron chi connectivity index (χ2n) is 16.1. The van der Waals surface area contributed by atoms with E-state index in [9.17, 15) is 0 Å². The SMILES string of the molecule is CCC(C)(CC)c1ccc(Nc2ccc(-c3ccc(N(c4ccc(-c5cccc6c5sc5ccccc56)cc4)c4ccc(C(C)(CC)CC)cc4)cc3)cc2)cc1. The van der Waals surface area contributed by atoms with Crippen molar-refractivity contribution in [2.45, 2.75) is 78.1 Å². The summed E-state index contributed by atoms with van der Waals surface area (Å²) in [5.74, 6) is 0. The van der Waals surface area contributed by atoms with Gasteiger partial charge in [-0.25, -0.2) is 0 Å². The van der Waals surface area contributed by atoms with Gasteiger partial charge in [0, 0.05) is 48.6 Å². The molecule has 3 heteroatoms. The zero-order valence-corrected chi connectivity index (χ0v) is 35.1. The first-order chi connectivity index (χ1) is 27.8. The van der Waals surface area contributed by atoms with Crippen molar-refractivity contribution in [3.63, 3.8) is 0 Å². The van der Waals surface area contributed by atoms with Crippen LogP contribution in [0.25, 0.3) is 42.4 Å². The predicted molar refractivity (Wildman–Crippen MR) is 250 cm³/mol. The van der Waals surface area contributed by atoms with Gasteiger partial charge >= 0.3 is 0 Å². The predicted octanol–water partition coefficient (Wildman–Crippen LogP) is 16.8. The fraction of sp³-hybridized carbons (Fsp3) is 0.222. The van der Waals surface area contributed by atoms with E-state index in [4.69, 9.17) is 0 Å². The van der Waals surface area contributed by atoms with E-state index in [1.165, 1.54) is 53.6 Å². The minimum absolute atomic E-state index is 0.168. The van der Waals surface area contributed by atoms with Crippen LogP contribution in [0.3, 0.4) is 0 Å². The molecule has 7 aromatic carbocycles. The smallest absolute Gasteiger partial charge is 0.0462 e. The highest BCUT2D eigenvalue weighted by Crippen LogP contribution is 2.42. The lowest BCUT2D eigenvalue weighted by Gasteiger charge is -2.30. The van der Waals surface area contributed by atoms with Gasteiger partial charge in [-0.2, -0.15) is 0 Å². The summed E-state index contributed by atoms with van der Waals surface area (Å²) < 4.78 is 2.67. The molecule has 2 nitrogen and oxygen atoms in total. The molecule has 0 bridgehead atoms. The monoisotopic (exact) mass is 762 g/mol. The van der Waals surface area contributed by atoms with Gasteiger partial charge in [0.15, 0.2) is 0 Å². The van der Waals surface area contributed by atoms with Crippen LogP contribution in [0.2, 0.25) is 0 Å². The van der Waals surface area contributed by atoms with Crippen LogP contribution in [0.1, 0.15) is 78.4 Å². The van der Waals surface area contributed by atoms with E-state index in [-0.39, 0.29) is 10.8 Å². The van der Waals surface area contributed by atoms with E-state index in [1.54, 1.807) is 0 Å². The first-order valence-corrected chi connectivity index (χ1v) is 21.6. The molecule has 0 fully saturated rings. The Labute approximate surface area is 343 Å². The molecule has 0 atom stereocenters. The minimum Gasteiger partial charge on any atom is -0.356 e. The second-order valence-corrected chi connectivity index (χ2v) is 17.1. The lowest BCUT2D eigenvalue weighted by atomic mass is 9.78. The zero-order valence-electron chi connectivity index (χ0n) is 34.3. The van der Waals surface area contributed by atoms with Crippen LogP contribution in [0.15, 0.2) is 164 Å². The standard InChI is InChI=1S/C54H54N2S/c1-7-53(5,8-2)41-24-30-44(31-25-41)55-43-28-18-38(19-29-43)39-20-32-45(33-21-39)56(47-36-26-42(27-37-47)54(6,9-3)10-4)46-34-22-40(23-35-46)48-15-13-16-50-49-14-11-12-17-51(49)57-52(48)50/h11-37,55H,7-10H2,1-6H3. The molecule has 0 amide bonds. The van der Waals surface area contributed by atoms with Crippen molar-refractivity contribution in [2.75, 3.05) is 10.2 Å². The van der Waals surface area contributed by atoms with Gasteiger partial charge in [0.25, 0.3) is 0 Å². The van der Waals surface area contributed by atoms with Gasteiger partial charge in [-0.3, -0.25) is 0 Å². The first-order valence-electron chi connectivity index (χ1n) is 20.7. The summed E-state index contributed by atoms with van der Waals surface area (Å²) in [4.78, 5) is 2.38. The molecule has 8 aromatic rings. The maximum Gasteiger partial charge on any atom is 0.0462 e. The van der Waals surface area contributed by atoms with Crippen molar-refractivity contribution >= 4 is 59.9 Å². The van der Waals surface area contributed by atoms with Crippen LogP contribution in [-0.2, 0) is 10.8 Å². The molecule has 286 valence electrons. The van der Waals surface area contributed by atoms with Crippen LogP contribution in [-0.4, -0.2) is 0 Å². The average Bonchev–Trinajstić information content (AvgIpc) is 3.66. The number of fused-ring (bicyclic) bond motifs is 3. The largest absolute Gasteiger partial charge is 0.356 e. The third-order valence-electron chi connectivity index (χ3n) is 13.0. The maximum atomic E-state index is 3.60. The summed E-state index contributed by atoms with van der Waals surface area (Å²) in [6, 6.07) is 60.6. The van der Waals surface area contributed by atoms with E-state index >= 15 is 0 Å². The third kappa shape index (κ3) is 7.49. The van der Waals surface area contributed by atoms with Crippen LogP contribution in [0.5, 0.6) is 0 Å². The lowest BCUT2D eigenvalue weighted by Crippen LogP contribution is -2.19. The molecule has 8 rings (SSSR count). The maximum absolute atomic E-state index is 3.60. The van der Waals surface area contributed by atoms with E-state index in [1.807, 2.05) is 11.3 Å². The Hall–Kier alpha value is -5.64. The highest BCUT2D eigenvalue weighted by molar-refractivity contribution is 7.26. The Morgan fingerprint density at radius 2 is 0.860 bits per heavy atom. The zero-order chi connectivity index (χ0) is 39.6. The number of hydrogen-bond donors (Lipinski definition) is 1. The molecular formula is C54H54N2S. The molecule has 0 saturated heterocycles. The van der Waals surface area contributed by atoms with Gasteiger partial charge in [0.1, 0.15) is 0 Å². The van der Waals surface area contributed by atoms with Crippen molar-refractivity contribution in [2.24, 2.45) is 0 Å². The van der Waals surface area contributed by atoms with Crippen LogP contribution < -0.4 is 10.2 Å². The summed E-state index contributed by atoms with van der Waals surface area (Å²) in [6.07, 6.45) is 4.51. The molecular weight excluding hydrogens is 709 g/mol. The first kappa shape index (κ1) is 38.2. The van der Waals surface area contributed by atoms with Gasteiger partial charge in [-0.05, 0) is 137 Å². The van der Waals surface area contributed by atoms with Crippen LogP contribution in [0.4, 0.5) is 28.4 Å². The summed E-state index contributed by atoms with van der Waals surface area (Å²) in [5.41, 5.74) is 13.7. The summed E-state index contributed by atoms with van der Waals surface area (Å²) in [7, 11) is 0. The van der Waals surface area contributed by atoms with Gasteiger partial charge in [0.2, 0.25) is 0 Å². The fourth-order valence-electron chi connectivity index (χ4n) is 8.21. The molecule has 0 spiro atoms. The molecule has 0 aliphatic heterocycles. The molecule has 0 aliphatic rings. The Kier molecular flexibility index (Phi) is 10.8. The Balaban J connectivity index is 1.08. The number of anilines is 5. The highest BCUT2D eigenvalue weighted by atomic mass is 32.1. The molecule has 57 heavy (non-hydrogen) atoms. The molecule has 1 aromatic heterocycles. The van der Waals surface area contributed by atoms with Crippen molar-refractivity contribution in [1.29, 1.82) is 0 Å². The van der Waals surface area contributed by atoms with Gasteiger partial charge in [-0.15, -0.1) is 11.3 Å². The van der Waals surface area contributed by atoms with Crippen molar-refractivity contribution in [3.8, 4) is 22.3 Å². The quantitative estimate of drug-likeness (QED) is 0.126. The van der Waals surface area contributed by atoms with Crippen LogP contribution in [0, 0.1) is 0 Å². The van der Waals surface area contributed by atoms with Gasteiger partial charge in [-0.1, -0.05) is 139 Å². The molecule has 0 unspecified atom stereocenters. The van der Waals surface area contributed by atoms with Gasteiger partial charge in [0.05, 0.1) is 0 Å². The molecule has 1 N–H and O–H groups in total. The third-order valence-corrected chi connectivity index (χ3v) is 14.2. The van der Waals surface area contributed by atoms with Crippen molar-refractivity contribution in [1.82, 2.24) is 0 Å². The fourth-order valence-corrected chi connectivity index (χ4v) is 9.45. The Morgan fingerprint density at radius 1 is 0.439 bits per heavy atom. The topological polar surface area (TPSA) is 15.3 Å².